The number of ether oxygens (including phenoxy) is 4. The summed E-state index contributed by atoms with van der Waals surface area (Å²) in [5.41, 5.74) is 0.346. The molecule has 0 aliphatic carbocycles. The molecule has 0 radical (unpaired) electrons. The maximum atomic E-state index is 11.7. The largest absolute Gasteiger partial charge is 0.377 e. The first-order valence-corrected chi connectivity index (χ1v) is 10.5. The average Bonchev–Trinajstić information content (AvgIpc) is 3.15. The number of hydrogen-bond acceptors (Lipinski definition) is 8. The Bertz CT molecular complexity index is 632. The number of amides is 2. The molecule has 0 atom stereocenters. The van der Waals surface area contributed by atoms with Crippen molar-refractivity contribution >= 4 is 11.8 Å². The molecule has 0 saturated carbocycles. The van der Waals surface area contributed by atoms with Crippen LogP contribution in [-0.4, -0.2) is 86.1 Å². The molecule has 11 heteroatoms. The van der Waals surface area contributed by atoms with Crippen LogP contribution in [0.15, 0.2) is 6.20 Å². The molecule has 1 heterocycles. The summed E-state index contributed by atoms with van der Waals surface area (Å²) in [7, 11) is 0. The quantitative estimate of drug-likeness (QED) is 0.326. The van der Waals surface area contributed by atoms with Gasteiger partial charge in [0.25, 0.3) is 0 Å². The lowest BCUT2D eigenvalue weighted by atomic mass is 9.96. The van der Waals surface area contributed by atoms with Gasteiger partial charge in [-0.3, -0.25) is 9.59 Å². The summed E-state index contributed by atoms with van der Waals surface area (Å²) < 4.78 is 23.5. The number of aromatic nitrogens is 3. The van der Waals surface area contributed by atoms with Crippen LogP contribution >= 0.6 is 0 Å². The molecule has 1 aromatic rings. The first-order valence-electron chi connectivity index (χ1n) is 10.5. The van der Waals surface area contributed by atoms with Crippen molar-refractivity contribution in [2.45, 2.75) is 40.8 Å². The Labute approximate surface area is 184 Å². The number of hydrogen-bond donors (Lipinski definition) is 2. The Balaban J connectivity index is 1.94. The van der Waals surface area contributed by atoms with E-state index in [-0.39, 0.29) is 17.2 Å². The average molecular weight is 444 g/mol. The topological polar surface area (TPSA) is 126 Å². The van der Waals surface area contributed by atoms with Gasteiger partial charge in [0.15, 0.2) is 0 Å². The van der Waals surface area contributed by atoms with Crippen LogP contribution in [0, 0.1) is 5.41 Å². The van der Waals surface area contributed by atoms with Crippen molar-refractivity contribution in [1.82, 2.24) is 25.6 Å². The summed E-state index contributed by atoms with van der Waals surface area (Å²) in [6.45, 7) is 12.2. The van der Waals surface area contributed by atoms with Crippen LogP contribution in [0.1, 0.15) is 33.4 Å². The van der Waals surface area contributed by atoms with Crippen LogP contribution < -0.4 is 10.6 Å². The lowest BCUT2D eigenvalue weighted by Crippen LogP contribution is -2.36. The Morgan fingerprint density at radius 2 is 1.48 bits per heavy atom. The normalized spacial score (nSPS) is 11.5. The maximum Gasteiger partial charge on any atom is 0.225 e. The van der Waals surface area contributed by atoms with E-state index in [2.05, 4.69) is 20.9 Å². The van der Waals surface area contributed by atoms with Gasteiger partial charge in [0.2, 0.25) is 11.8 Å². The smallest absolute Gasteiger partial charge is 0.225 e. The third kappa shape index (κ3) is 14.5. The first-order chi connectivity index (χ1) is 14.8. The van der Waals surface area contributed by atoms with Crippen molar-refractivity contribution in [2.24, 2.45) is 5.41 Å². The van der Waals surface area contributed by atoms with Crippen LogP contribution in [0.3, 0.4) is 0 Å². The van der Waals surface area contributed by atoms with Crippen molar-refractivity contribution in [3.8, 4) is 0 Å². The van der Waals surface area contributed by atoms with E-state index >= 15 is 0 Å². The molecule has 0 fully saturated rings. The van der Waals surface area contributed by atoms with Crippen molar-refractivity contribution in [2.75, 3.05) is 59.3 Å². The van der Waals surface area contributed by atoms with Gasteiger partial charge in [-0.1, -0.05) is 26.0 Å². The predicted octanol–water partition coefficient (Wildman–Crippen LogP) is 0.143. The lowest BCUT2D eigenvalue weighted by Gasteiger charge is -2.17. The minimum atomic E-state index is -0.389. The highest BCUT2D eigenvalue weighted by atomic mass is 16.5. The zero-order chi connectivity index (χ0) is 23.0. The zero-order valence-corrected chi connectivity index (χ0v) is 19.1. The molecule has 0 aliphatic heterocycles. The molecule has 0 aromatic carbocycles. The maximum absolute atomic E-state index is 11.7. The van der Waals surface area contributed by atoms with E-state index in [1.807, 2.05) is 27.0 Å². The molecule has 0 unspecified atom stereocenters. The second-order valence-electron chi connectivity index (χ2n) is 7.85. The van der Waals surface area contributed by atoms with Gasteiger partial charge in [-0.2, -0.15) is 0 Å². The van der Waals surface area contributed by atoms with Crippen molar-refractivity contribution in [3.05, 3.63) is 11.9 Å². The highest BCUT2D eigenvalue weighted by Gasteiger charge is 2.20. The molecule has 31 heavy (non-hydrogen) atoms. The van der Waals surface area contributed by atoms with Crippen LogP contribution in [0.4, 0.5) is 0 Å². The van der Waals surface area contributed by atoms with Gasteiger partial charge in [-0.15, -0.1) is 5.10 Å². The highest BCUT2D eigenvalue weighted by Crippen LogP contribution is 2.11. The van der Waals surface area contributed by atoms with Crippen LogP contribution in [0.5, 0.6) is 0 Å². The van der Waals surface area contributed by atoms with E-state index in [1.165, 1.54) is 6.92 Å². The molecule has 178 valence electrons. The molecule has 0 saturated heterocycles. The third-order valence-corrected chi connectivity index (χ3v) is 3.88. The summed E-state index contributed by atoms with van der Waals surface area (Å²) in [6.07, 6.45) is 1.81. The summed E-state index contributed by atoms with van der Waals surface area (Å²) in [4.78, 5) is 22.4. The van der Waals surface area contributed by atoms with E-state index in [4.69, 9.17) is 18.9 Å². The summed E-state index contributed by atoms with van der Waals surface area (Å²) in [5, 5.41) is 13.6. The minimum Gasteiger partial charge on any atom is -0.377 e. The van der Waals surface area contributed by atoms with Crippen LogP contribution in [-0.2, 0) is 41.7 Å². The Morgan fingerprint density at radius 1 is 0.903 bits per heavy atom. The molecule has 0 aliphatic rings. The van der Waals surface area contributed by atoms with E-state index < -0.39 is 0 Å². The van der Waals surface area contributed by atoms with Crippen LogP contribution in [0.2, 0.25) is 0 Å². The molecular weight excluding hydrogens is 406 g/mol. The van der Waals surface area contributed by atoms with Gasteiger partial charge in [0.1, 0.15) is 5.69 Å². The SMILES string of the molecule is CC(=O)NCCOCCOCc1cn(CCOCCOCCNC(=O)C(C)(C)C)nn1. The summed E-state index contributed by atoms with van der Waals surface area (Å²) >= 11 is 0. The van der Waals surface area contributed by atoms with E-state index in [0.717, 1.165) is 5.69 Å². The van der Waals surface area contributed by atoms with Gasteiger partial charge in [0, 0.05) is 25.4 Å². The fourth-order valence-corrected chi connectivity index (χ4v) is 2.19. The molecule has 11 nitrogen and oxygen atoms in total. The van der Waals surface area contributed by atoms with Crippen molar-refractivity contribution < 1.29 is 28.5 Å². The van der Waals surface area contributed by atoms with Gasteiger partial charge < -0.3 is 29.6 Å². The summed E-state index contributed by atoms with van der Waals surface area (Å²) in [5.74, 6) is -0.0583. The van der Waals surface area contributed by atoms with E-state index in [0.29, 0.717) is 72.5 Å². The number of rotatable bonds is 17. The molecule has 1 rings (SSSR count). The Morgan fingerprint density at radius 3 is 2.10 bits per heavy atom. The number of carbonyl (C=O) groups excluding carboxylic acids is 2. The first kappa shape index (κ1) is 27.0. The molecule has 0 spiro atoms. The Kier molecular flexibility index (Phi) is 13.6. The molecule has 0 bridgehead atoms. The van der Waals surface area contributed by atoms with Gasteiger partial charge in [-0.25, -0.2) is 4.68 Å². The van der Waals surface area contributed by atoms with Gasteiger partial charge >= 0.3 is 0 Å². The fourth-order valence-electron chi connectivity index (χ4n) is 2.19. The molecular formula is C20H37N5O6. The highest BCUT2D eigenvalue weighted by molar-refractivity contribution is 5.81. The lowest BCUT2D eigenvalue weighted by molar-refractivity contribution is -0.128. The number of carbonyl (C=O) groups is 2. The zero-order valence-electron chi connectivity index (χ0n) is 19.1. The van der Waals surface area contributed by atoms with E-state index in [1.54, 1.807) is 4.68 Å². The molecule has 1 aromatic heterocycles. The second-order valence-corrected chi connectivity index (χ2v) is 7.85. The molecule has 2 N–H and O–H groups in total. The molecule has 2 amide bonds. The minimum absolute atomic E-state index is 0.0111. The van der Waals surface area contributed by atoms with Crippen molar-refractivity contribution in [1.29, 1.82) is 0 Å². The Hall–Kier alpha value is -2.08. The van der Waals surface area contributed by atoms with Gasteiger partial charge in [0.05, 0.1) is 65.6 Å². The van der Waals surface area contributed by atoms with Crippen molar-refractivity contribution in [3.63, 3.8) is 0 Å². The fraction of sp³-hybridized carbons (Fsp3) is 0.800. The van der Waals surface area contributed by atoms with Gasteiger partial charge in [-0.05, 0) is 0 Å². The second kappa shape index (κ2) is 15.7. The number of nitrogens with one attached hydrogen (secondary N) is 2. The standard InChI is InChI=1S/C20H37N5O6/c1-17(26)21-5-8-28-13-14-31-16-18-15-25(24-23-18)7-10-30-12-11-29-9-6-22-19(27)20(2,3)4/h15H,5-14,16H2,1-4H3,(H,21,26)(H,22,27). The predicted molar refractivity (Wildman–Crippen MR) is 113 cm³/mol. The summed E-state index contributed by atoms with van der Waals surface area (Å²) in [6, 6.07) is 0. The monoisotopic (exact) mass is 443 g/mol. The third-order valence-electron chi connectivity index (χ3n) is 3.88. The number of nitrogens with zero attached hydrogens (tertiary/aromatic N) is 3. The van der Waals surface area contributed by atoms with E-state index in [9.17, 15) is 9.59 Å². The van der Waals surface area contributed by atoms with Crippen LogP contribution in [0.25, 0.3) is 0 Å².